The molecule has 3 rings (SSSR count). The van der Waals surface area contributed by atoms with Gasteiger partial charge in [0.05, 0.1) is 21.5 Å². The van der Waals surface area contributed by atoms with Crippen molar-refractivity contribution in [1.82, 2.24) is 4.98 Å². The smallest absolute Gasteiger partial charge is 0.376 e. The zero-order valence-corrected chi connectivity index (χ0v) is 15.6. The fourth-order valence-corrected chi connectivity index (χ4v) is 3.32. The Morgan fingerprint density at radius 2 is 1.67 bits per heavy atom. The molecule has 1 atom stereocenters. The zero-order valence-electron chi connectivity index (χ0n) is 13.4. The van der Waals surface area contributed by atoms with E-state index in [0.717, 1.165) is 17.6 Å². The van der Waals surface area contributed by atoms with Crippen LogP contribution in [-0.2, 0) is 5.60 Å². The van der Waals surface area contributed by atoms with Gasteiger partial charge in [-0.1, -0.05) is 34.8 Å². The van der Waals surface area contributed by atoms with E-state index in [2.05, 4.69) is 4.98 Å². The highest BCUT2D eigenvalue weighted by Gasteiger charge is 2.56. The van der Waals surface area contributed by atoms with Gasteiger partial charge in [-0.25, -0.2) is 0 Å². The average Bonchev–Trinajstić information content (AvgIpc) is 3.05. The third-order valence-electron chi connectivity index (χ3n) is 4.22. The summed E-state index contributed by atoms with van der Waals surface area (Å²) in [6.07, 6.45) is -4.75. The van der Waals surface area contributed by atoms with E-state index >= 15 is 0 Å². The molecule has 0 saturated heterocycles. The molecule has 2 N–H and O–H groups in total. The van der Waals surface area contributed by atoms with E-state index in [1.807, 2.05) is 0 Å². The predicted molar refractivity (Wildman–Crippen MR) is 98.7 cm³/mol. The monoisotopic (exact) mass is 435 g/mol. The molecule has 0 spiro atoms. The van der Waals surface area contributed by atoms with Crippen molar-refractivity contribution in [1.29, 1.82) is 0 Å². The van der Waals surface area contributed by atoms with Gasteiger partial charge < -0.3 is 10.1 Å². The van der Waals surface area contributed by atoms with Crippen molar-refractivity contribution in [2.24, 2.45) is 0 Å². The number of aromatic nitrogens is 1. The van der Waals surface area contributed by atoms with Gasteiger partial charge in [-0.3, -0.25) is 4.79 Å². The van der Waals surface area contributed by atoms with E-state index in [4.69, 9.17) is 34.8 Å². The van der Waals surface area contributed by atoms with Crippen LogP contribution in [0.4, 0.5) is 13.2 Å². The largest absolute Gasteiger partial charge is 0.421 e. The standard InChI is InChI=1S/C18H11Cl3F3NO2/c19-12-6-11(7-13(20)16(12)21)17(27,18(22,23)24)8-15(26)10-1-2-14-9(5-10)3-4-25-14/h1-7,25,27H,8H2. The lowest BCUT2D eigenvalue weighted by molar-refractivity contribution is -0.264. The Balaban J connectivity index is 2.03. The summed E-state index contributed by atoms with van der Waals surface area (Å²) >= 11 is 17.4. The average molecular weight is 437 g/mol. The van der Waals surface area contributed by atoms with Gasteiger partial charge in [-0.15, -0.1) is 0 Å². The number of aromatic amines is 1. The number of nitrogens with one attached hydrogen (secondary N) is 1. The third kappa shape index (κ3) is 3.67. The van der Waals surface area contributed by atoms with Gasteiger partial charge in [-0.2, -0.15) is 13.2 Å². The molecule has 0 aliphatic rings. The minimum atomic E-state index is -5.15. The Morgan fingerprint density at radius 3 is 2.26 bits per heavy atom. The molecule has 0 radical (unpaired) electrons. The second-order valence-electron chi connectivity index (χ2n) is 5.99. The summed E-state index contributed by atoms with van der Waals surface area (Å²) in [4.78, 5) is 15.4. The molecule has 142 valence electrons. The molecule has 1 unspecified atom stereocenters. The maximum Gasteiger partial charge on any atom is 0.421 e. The fourth-order valence-electron chi connectivity index (χ4n) is 2.72. The van der Waals surface area contributed by atoms with E-state index in [-0.39, 0.29) is 20.6 Å². The van der Waals surface area contributed by atoms with Crippen LogP contribution in [0.5, 0.6) is 0 Å². The molecule has 3 nitrogen and oxygen atoms in total. The number of Topliss-reactive ketones (excluding diaryl/α,β-unsaturated/α-hetero) is 1. The van der Waals surface area contributed by atoms with Gasteiger partial charge in [0.15, 0.2) is 11.4 Å². The second-order valence-corrected chi connectivity index (χ2v) is 7.18. The summed E-state index contributed by atoms with van der Waals surface area (Å²) in [6, 6.07) is 7.80. The fraction of sp³-hybridized carbons (Fsp3) is 0.167. The molecule has 27 heavy (non-hydrogen) atoms. The number of aliphatic hydroxyl groups is 1. The molecule has 0 saturated carbocycles. The molecule has 0 aliphatic heterocycles. The molecule has 0 amide bonds. The molecule has 0 aliphatic carbocycles. The molecule has 0 fully saturated rings. The number of rotatable bonds is 4. The SMILES string of the molecule is O=C(CC(O)(c1cc(Cl)c(Cl)c(Cl)c1)C(F)(F)F)c1ccc2[nH]ccc2c1. The summed E-state index contributed by atoms with van der Waals surface area (Å²) in [7, 11) is 0. The summed E-state index contributed by atoms with van der Waals surface area (Å²) in [5.41, 5.74) is -3.37. The lowest BCUT2D eigenvalue weighted by Crippen LogP contribution is -2.44. The van der Waals surface area contributed by atoms with E-state index < -0.39 is 29.5 Å². The van der Waals surface area contributed by atoms with Crippen molar-refractivity contribution in [3.05, 3.63) is 68.8 Å². The van der Waals surface area contributed by atoms with Crippen molar-refractivity contribution in [2.45, 2.75) is 18.2 Å². The van der Waals surface area contributed by atoms with Crippen LogP contribution in [0, 0.1) is 0 Å². The van der Waals surface area contributed by atoms with Crippen LogP contribution in [0.3, 0.4) is 0 Å². The number of carbonyl (C=O) groups excluding carboxylic acids is 1. The second kappa shape index (κ2) is 7.02. The number of H-pyrrole nitrogens is 1. The number of alkyl halides is 3. The number of benzene rings is 2. The highest BCUT2D eigenvalue weighted by atomic mass is 35.5. The van der Waals surface area contributed by atoms with Crippen molar-refractivity contribution >= 4 is 51.5 Å². The third-order valence-corrected chi connectivity index (χ3v) is 5.42. The van der Waals surface area contributed by atoms with Crippen LogP contribution in [0.2, 0.25) is 15.1 Å². The maximum absolute atomic E-state index is 13.7. The first-order chi connectivity index (χ1) is 12.5. The Morgan fingerprint density at radius 1 is 1.04 bits per heavy atom. The number of hydrogen-bond donors (Lipinski definition) is 2. The predicted octanol–water partition coefficient (Wildman–Crippen LogP) is 6.15. The maximum atomic E-state index is 13.7. The van der Waals surface area contributed by atoms with E-state index in [1.54, 1.807) is 18.3 Å². The Hall–Kier alpha value is -1.73. The molecule has 3 aromatic rings. The molecular formula is C18H11Cl3F3NO2. The number of hydrogen-bond acceptors (Lipinski definition) is 2. The van der Waals surface area contributed by atoms with Crippen molar-refractivity contribution in [2.75, 3.05) is 0 Å². The van der Waals surface area contributed by atoms with Gasteiger partial charge >= 0.3 is 6.18 Å². The van der Waals surface area contributed by atoms with Crippen LogP contribution in [0.25, 0.3) is 10.9 Å². The molecule has 1 heterocycles. The first-order valence-corrected chi connectivity index (χ1v) is 8.71. The quantitative estimate of drug-likeness (QED) is 0.381. The van der Waals surface area contributed by atoms with Gasteiger partial charge in [0.2, 0.25) is 0 Å². The topological polar surface area (TPSA) is 53.1 Å². The first-order valence-electron chi connectivity index (χ1n) is 7.57. The lowest BCUT2D eigenvalue weighted by atomic mass is 9.86. The number of carbonyl (C=O) groups is 1. The van der Waals surface area contributed by atoms with Crippen LogP contribution in [0.1, 0.15) is 22.3 Å². The summed E-state index contributed by atoms with van der Waals surface area (Å²) in [5, 5.41) is 10.4. The highest BCUT2D eigenvalue weighted by Crippen LogP contribution is 2.45. The Labute approximate surface area is 166 Å². The minimum Gasteiger partial charge on any atom is -0.376 e. The normalized spacial score (nSPS) is 14.3. The molecule has 9 heteroatoms. The van der Waals surface area contributed by atoms with Crippen LogP contribution in [0.15, 0.2) is 42.6 Å². The van der Waals surface area contributed by atoms with Crippen molar-refractivity contribution in [3.63, 3.8) is 0 Å². The number of ketones is 1. The van der Waals surface area contributed by atoms with Crippen LogP contribution in [-0.4, -0.2) is 22.1 Å². The number of fused-ring (bicyclic) bond motifs is 1. The zero-order chi connectivity index (χ0) is 20.0. The van der Waals surface area contributed by atoms with Crippen molar-refractivity contribution < 1.29 is 23.1 Å². The Bertz CT molecular complexity index is 1010. The highest BCUT2D eigenvalue weighted by molar-refractivity contribution is 6.48. The first kappa shape index (κ1) is 20.0. The summed E-state index contributed by atoms with van der Waals surface area (Å²) < 4.78 is 41.1. The molecule has 0 bridgehead atoms. The van der Waals surface area contributed by atoms with Gasteiger partial charge in [0.1, 0.15) is 0 Å². The van der Waals surface area contributed by atoms with Crippen molar-refractivity contribution in [3.8, 4) is 0 Å². The van der Waals surface area contributed by atoms with E-state index in [9.17, 15) is 23.1 Å². The summed E-state index contributed by atoms with van der Waals surface area (Å²) in [6.45, 7) is 0. The van der Waals surface area contributed by atoms with Gasteiger partial charge in [0.25, 0.3) is 0 Å². The van der Waals surface area contributed by atoms with Crippen LogP contribution < -0.4 is 0 Å². The van der Waals surface area contributed by atoms with Gasteiger partial charge in [-0.05, 0) is 42.0 Å². The minimum absolute atomic E-state index is 0.0379. The lowest BCUT2D eigenvalue weighted by Gasteiger charge is -2.31. The summed E-state index contributed by atoms with van der Waals surface area (Å²) in [5.74, 6) is -0.889. The van der Waals surface area contributed by atoms with E-state index in [1.165, 1.54) is 12.1 Å². The molecule has 2 aromatic carbocycles. The number of halogens is 6. The Kier molecular flexibility index (Phi) is 5.20. The molecular weight excluding hydrogens is 426 g/mol. The van der Waals surface area contributed by atoms with Gasteiger partial charge in [0, 0.05) is 22.7 Å². The van der Waals surface area contributed by atoms with E-state index in [0.29, 0.717) is 5.39 Å². The molecule has 1 aromatic heterocycles. The van der Waals surface area contributed by atoms with Crippen LogP contribution >= 0.6 is 34.8 Å².